The van der Waals surface area contributed by atoms with Gasteiger partial charge in [0.05, 0.1) is 4.88 Å². The molecule has 1 aromatic rings. The zero-order valence-electron chi connectivity index (χ0n) is 9.36. The number of thiophene rings is 1. The summed E-state index contributed by atoms with van der Waals surface area (Å²) in [7, 11) is 0. The van der Waals surface area contributed by atoms with Gasteiger partial charge < -0.3 is 10.4 Å². The molecule has 2 heterocycles. The van der Waals surface area contributed by atoms with Gasteiger partial charge in [0.25, 0.3) is 5.91 Å². The first-order chi connectivity index (χ1) is 8.05. The van der Waals surface area contributed by atoms with Crippen molar-refractivity contribution in [1.82, 2.24) is 5.32 Å². The number of aliphatic carboxylic acids is 1. The summed E-state index contributed by atoms with van der Waals surface area (Å²) < 4.78 is 0. The number of carboxylic acid groups (broad SMARTS) is 1. The van der Waals surface area contributed by atoms with Gasteiger partial charge in [-0.25, -0.2) is 4.79 Å². The smallest absolute Gasteiger partial charge is 0.330 e. The molecular weight excluding hydrogens is 258 g/mol. The second kappa shape index (κ2) is 4.70. The molecule has 1 aromatic heterocycles. The van der Waals surface area contributed by atoms with Crippen LogP contribution >= 0.6 is 23.1 Å². The summed E-state index contributed by atoms with van der Waals surface area (Å²) >= 11 is 2.90. The van der Waals surface area contributed by atoms with E-state index in [9.17, 15) is 14.7 Å². The molecule has 1 amide bonds. The van der Waals surface area contributed by atoms with E-state index >= 15 is 0 Å². The Morgan fingerprint density at radius 2 is 2.29 bits per heavy atom. The largest absolute Gasteiger partial charge is 0.479 e. The lowest BCUT2D eigenvalue weighted by molar-refractivity contribution is -0.143. The molecule has 0 bridgehead atoms. The van der Waals surface area contributed by atoms with Crippen molar-refractivity contribution in [2.45, 2.75) is 18.9 Å². The second-order valence-electron chi connectivity index (χ2n) is 4.08. The first kappa shape index (κ1) is 12.4. The number of carbonyl (C=O) groups is 2. The Morgan fingerprint density at radius 3 is 2.76 bits per heavy atom. The molecule has 17 heavy (non-hydrogen) atoms. The molecular formula is C11H13NO3S2. The molecule has 2 N–H and O–H groups in total. The fraction of sp³-hybridized carbons (Fsp3) is 0.455. The molecule has 1 unspecified atom stereocenters. The van der Waals surface area contributed by atoms with Crippen LogP contribution in [0, 0.1) is 6.92 Å². The minimum Gasteiger partial charge on any atom is -0.479 e. The zero-order chi connectivity index (χ0) is 12.5. The highest BCUT2D eigenvalue weighted by atomic mass is 32.2. The van der Waals surface area contributed by atoms with Crippen LogP contribution in [-0.4, -0.2) is 34.0 Å². The SMILES string of the molecule is Cc1ccsc1C(=O)NC1(C(=O)O)CCSC1. The van der Waals surface area contributed by atoms with Gasteiger partial charge >= 0.3 is 5.97 Å². The summed E-state index contributed by atoms with van der Waals surface area (Å²) in [6, 6.07) is 1.86. The first-order valence-electron chi connectivity index (χ1n) is 5.23. The Kier molecular flexibility index (Phi) is 3.44. The highest BCUT2D eigenvalue weighted by molar-refractivity contribution is 7.99. The van der Waals surface area contributed by atoms with Crippen molar-refractivity contribution in [2.75, 3.05) is 11.5 Å². The van der Waals surface area contributed by atoms with Crippen molar-refractivity contribution in [1.29, 1.82) is 0 Å². The van der Waals surface area contributed by atoms with Crippen LogP contribution in [-0.2, 0) is 4.79 Å². The Labute approximate surface area is 107 Å². The lowest BCUT2D eigenvalue weighted by Gasteiger charge is -2.24. The van der Waals surface area contributed by atoms with Gasteiger partial charge in [0, 0.05) is 5.75 Å². The number of amides is 1. The van der Waals surface area contributed by atoms with Gasteiger partial charge in [-0.2, -0.15) is 11.8 Å². The summed E-state index contributed by atoms with van der Waals surface area (Å²) in [5.41, 5.74) is -0.197. The van der Waals surface area contributed by atoms with Crippen molar-refractivity contribution in [3.8, 4) is 0 Å². The van der Waals surface area contributed by atoms with E-state index in [1.165, 1.54) is 11.3 Å². The average molecular weight is 271 g/mol. The molecule has 1 fully saturated rings. The van der Waals surface area contributed by atoms with Crippen LogP contribution in [0.5, 0.6) is 0 Å². The number of thioether (sulfide) groups is 1. The Hall–Kier alpha value is -1.01. The summed E-state index contributed by atoms with van der Waals surface area (Å²) in [5.74, 6) is 0.00145. The van der Waals surface area contributed by atoms with E-state index in [2.05, 4.69) is 5.32 Å². The minimum absolute atomic E-state index is 0.276. The molecule has 0 saturated carbocycles. The highest BCUT2D eigenvalue weighted by Gasteiger charge is 2.43. The quantitative estimate of drug-likeness (QED) is 0.879. The van der Waals surface area contributed by atoms with Crippen LogP contribution in [0.4, 0.5) is 0 Å². The van der Waals surface area contributed by atoms with Crippen LogP contribution in [0.2, 0.25) is 0 Å². The number of hydrogen-bond donors (Lipinski definition) is 2. The number of carboxylic acids is 1. The minimum atomic E-state index is -1.09. The maximum Gasteiger partial charge on any atom is 0.330 e. The summed E-state index contributed by atoms with van der Waals surface area (Å²) in [5, 5.41) is 13.8. The molecule has 4 nitrogen and oxygen atoms in total. The predicted molar refractivity (Wildman–Crippen MR) is 68.8 cm³/mol. The molecule has 2 rings (SSSR count). The van der Waals surface area contributed by atoms with Gasteiger partial charge in [0.2, 0.25) is 0 Å². The van der Waals surface area contributed by atoms with Crippen molar-refractivity contribution in [2.24, 2.45) is 0 Å². The fourth-order valence-corrected chi connectivity index (χ4v) is 3.91. The summed E-state index contributed by atoms with van der Waals surface area (Å²) in [6.45, 7) is 1.85. The summed E-state index contributed by atoms with van der Waals surface area (Å²) in [4.78, 5) is 23.9. The van der Waals surface area contributed by atoms with Gasteiger partial charge in [-0.15, -0.1) is 11.3 Å². The normalized spacial score (nSPS) is 23.6. The van der Waals surface area contributed by atoms with Gasteiger partial charge in [-0.3, -0.25) is 4.79 Å². The second-order valence-corrected chi connectivity index (χ2v) is 6.10. The Balaban J connectivity index is 2.17. The highest BCUT2D eigenvalue weighted by Crippen LogP contribution is 2.29. The number of nitrogens with one attached hydrogen (secondary N) is 1. The first-order valence-corrected chi connectivity index (χ1v) is 7.26. The van der Waals surface area contributed by atoms with E-state index in [4.69, 9.17) is 0 Å². The molecule has 6 heteroatoms. The number of rotatable bonds is 3. The van der Waals surface area contributed by atoms with E-state index in [0.717, 1.165) is 11.3 Å². The van der Waals surface area contributed by atoms with Crippen LogP contribution in [0.25, 0.3) is 0 Å². The van der Waals surface area contributed by atoms with Crippen molar-refractivity contribution < 1.29 is 14.7 Å². The summed E-state index contributed by atoms with van der Waals surface area (Å²) in [6.07, 6.45) is 0.489. The predicted octanol–water partition coefficient (Wildman–Crippen LogP) is 1.75. The van der Waals surface area contributed by atoms with Crippen LogP contribution < -0.4 is 5.32 Å². The molecule has 1 aliphatic heterocycles. The lowest BCUT2D eigenvalue weighted by atomic mass is 9.99. The topological polar surface area (TPSA) is 66.4 Å². The molecule has 1 saturated heterocycles. The Morgan fingerprint density at radius 1 is 1.53 bits per heavy atom. The van der Waals surface area contributed by atoms with Crippen molar-refractivity contribution >= 4 is 35.0 Å². The number of aryl methyl sites for hydroxylation is 1. The van der Waals surface area contributed by atoms with Crippen molar-refractivity contribution in [3.05, 3.63) is 21.9 Å². The van der Waals surface area contributed by atoms with E-state index in [1.807, 2.05) is 18.4 Å². The standard InChI is InChI=1S/C11H13NO3S2/c1-7-2-4-17-8(7)9(13)12-11(10(14)15)3-5-16-6-11/h2,4H,3,5-6H2,1H3,(H,12,13)(H,14,15). The van der Waals surface area contributed by atoms with Gasteiger partial charge in [0.15, 0.2) is 0 Å². The molecule has 0 aromatic carbocycles. The van der Waals surface area contributed by atoms with E-state index in [-0.39, 0.29) is 5.91 Å². The van der Waals surface area contributed by atoms with Crippen LogP contribution in [0.3, 0.4) is 0 Å². The van der Waals surface area contributed by atoms with E-state index in [0.29, 0.717) is 17.1 Å². The molecule has 92 valence electrons. The monoisotopic (exact) mass is 271 g/mol. The fourth-order valence-electron chi connectivity index (χ4n) is 1.77. The van der Waals surface area contributed by atoms with Crippen LogP contribution in [0.15, 0.2) is 11.4 Å². The maximum atomic E-state index is 12.0. The average Bonchev–Trinajstić information content (AvgIpc) is 2.87. The molecule has 0 radical (unpaired) electrons. The van der Waals surface area contributed by atoms with Gasteiger partial charge in [0.1, 0.15) is 5.54 Å². The van der Waals surface area contributed by atoms with E-state index in [1.54, 1.807) is 11.8 Å². The molecule has 1 atom stereocenters. The third-order valence-electron chi connectivity index (χ3n) is 2.85. The van der Waals surface area contributed by atoms with Gasteiger partial charge in [-0.1, -0.05) is 0 Å². The third kappa shape index (κ3) is 2.32. The van der Waals surface area contributed by atoms with Gasteiger partial charge in [-0.05, 0) is 36.1 Å². The maximum absolute atomic E-state index is 12.0. The van der Waals surface area contributed by atoms with Crippen LogP contribution in [0.1, 0.15) is 21.7 Å². The number of hydrogen-bond acceptors (Lipinski definition) is 4. The lowest BCUT2D eigenvalue weighted by Crippen LogP contribution is -2.54. The third-order valence-corrected chi connectivity index (χ3v) is 5.06. The van der Waals surface area contributed by atoms with Crippen molar-refractivity contribution in [3.63, 3.8) is 0 Å². The van der Waals surface area contributed by atoms with E-state index < -0.39 is 11.5 Å². The Bertz CT molecular complexity index is 449. The molecule has 1 aliphatic rings. The molecule has 0 aliphatic carbocycles. The zero-order valence-corrected chi connectivity index (χ0v) is 11.0. The number of carbonyl (C=O) groups excluding carboxylic acids is 1. The molecule has 0 spiro atoms.